The van der Waals surface area contributed by atoms with E-state index in [0.717, 1.165) is 18.2 Å². The van der Waals surface area contributed by atoms with Crippen molar-refractivity contribution in [3.63, 3.8) is 0 Å². The minimum Gasteiger partial charge on any atom is -0.495 e. The molecule has 35 heavy (non-hydrogen) atoms. The fraction of sp³-hybridized carbons (Fsp3) is 0.462. The van der Waals surface area contributed by atoms with Crippen molar-refractivity contribution in [3.05, 3.63) is 60.2 Å². The molecule has 1 N–H and O–H groups in total. The van der Waals surface area contributed by atoms with E-state index < -0.39 is 16.1 Å². The predicted octanol–water partition coefficient (Wildman–Crippen LogP) is 3.58. The van der Waals surface area contributed by atoms with Crippen LogP contribution in [0.4, 0.5) is 5.69 Å². The highest BCUT2D eigenvalue weighted by molar-refractivity contribution is 7.92. The number of hydrogen-bond acceptors (Lipinski definition) is 5. The summed E-state index contributed by atoms with van der Waals surface area (Å²) in [6, 6.07) is 15.8. The van der Waals surface area contributed by atoms with Crippen LogP contribution in [0.5, 0.6) is 5.75 Å². The fourth-order valence-electron chi connectivity index (χ4n) is 3.88. The molecular formula is C26H37N3O5S. The molecule has 8 nitrogen and oxygen atoms in total. The highest BCUT2D eigenvalue weighted by atomic mass is 32.2. The Morgan fingerprint density at radius 1 is 1.03 bits per heavy atom. The van der Waals surface area contributed by atoms with Gasteiger partial charge in [0.05, 0.1) is 19.1 Å². The number of benzene rings is 2. The number of anilines is 1. The number of hydrogen-bond donors (Lipinski definition) is 1. The quantitative estimate of drug-likeness (QED) is 0.425. The van der Waals surface area contributed by atoms with Crippen LogP contribution < -0.4 is 14.4 Å². The molecule has 1 atom stereocenters. The summed E-state index contributed by atoms with van der Waals surface area (Å²) in [7, 11) is -2.11. The van der Waals surface area contributed by atoms with E-state index in [4.69, 9.17) is 4.74 Å². The molecule has 0 spiro atoms. The van der Waals surface area contributed by atoms with E-state index in [1.807, 2.05) is 44.2 Å². The summed E-state index contributed by atoms with van der Waals surface area (Å²) in [5.41, 5.74) is 1.35. The van der Waals surface area contributed by atoms with Gasteiger partial charge in [0.15, 0.2) is 0 Å². The average molecular weight is 504 g/mol. The summed E-state index contributed by atoms with van der Waals surface area (Å²) in [5, 5.41) is 2.90. The van der Waals surface area contributed by atoms with Crippen LogP contribution in [0.15, 0.2) is 54.6 Å². The standard InChI is InChI=1S/C26H37N3O5S/c1-5-18-27-26(31)22(6-2)28(20-21-13-8-7-9-14-21)25(30)17-12-19-29(35(4,32)33)23-15-10-11-16-24(23)34-3/h7-11,13-16,22H,5-6,12,17-20H2,1-4H3,(H,27,31)/t22-/m1/s1. The molecule has 9 heteroatoms. The first kappa shape index (κ1) is 28.2. The van der Waals surface area contributed by atoms with Crippen molar-refractivity contribution in [2.24, 2.45) is 0 Å². The van der Waals surface area contributed by atoms with E-state index in [-0.39, 0.29) is 24.8 Å². The lowest BCUT2D eigenvalue weighted by Crippen LogP contribution is -2.49. The maximum atomic E-state index is 13.4. The van der Waals surface area contributed by atoms with Gasteiger partial charge < -0.3 is 15.0 Å². The molecule has 192 valence electrons. The largest absolute Gasteiger partial charge is 0.495 e. The van der Waals surface area contributed by atoms with E-state index in [1.54, 1.807) is 29.2 Å². The zero-order valence-corrected chi connectivity index (χ0v) is 21.9. The summed E-state index contributed by atoms with van der Waals surface area (Å²) in [6.07, 6.45) is 2.81. The molecule has 0 saturated heterocycles. The van der Waals surface area contributed by atoms with E-state index in [2.05, 4.69) is 5.32 Å². The third kappa shape index (κ3) is 8.28. The molecule has 0 bridgehead atoms. The van der Waals surface area contributed by atoms with Crippen LogP contribution in [-0.4, -0.2) is 57.6 Å². The van der Waals surface area contributed by atoms with E-state index in [0.29, 0.717) is 37.4 Å². The lowest BCUT2D eigenvalue weighted by atomic mass is 10.1. The molecule has 0 aromatic heterocycles. The number of rotatable bonds is 14. The van der Waals surface area contributed by atoms with E-state index >= 15 is 0 Å². The highest BCUT2D eigenvalue weighted by Crippen LogP contribution is 2.29. The molecule has 0 aliphatic carbocycles. The maximum Gasteiger partial charge on any atom is 0.242 e. The lowest BCUT2D eigenvalue weighted by Gasteiger charge is -2.31. The minimum absolute atomic E-state index is 0.103. The molecule has 2 aromatic rings. The Labute approximate surface area is 209 Å². The monoisotopic (exact) mass is 503 g/mol. The molecule has 0 unspecified atom stereocenters. The van der Waals surface area contributed by atoms with Gasteiger partial charge >= 0.3 is 0 Å². The number of para-hydroxylation sites is 2. The maximum absolute atomic E-state index is 13.4. The second-order valence-electron chi connectivity index (χ2n) is 8.33. The number of sulfonamides is 1. The van der Waals surface area contributed by atoms with Gasteiger partial charge in [0, 0.05) is 26.1 Å². The minimum atomic E-state index is -3.60. The van der Waals surface area contributed by atoms with E-state index in [1.165, 1.54) is 11.4 Å². The van der Waals surface area contributed by atoms with Gasteiger partial charge in [-0.05, 0) is 37.0 Å². The topological polar surface area (TPSA) is 96.0 Å². The van der Waals surface area contributed by atoms with Gasteiger partial charge in [-0.3, -0.25) is 13.9 Å². The highest BCUT2D eigenvalue weighted by Gasteiger charge is 2.29. The van der Waals surface area contributed by atoms with Crippen molar-refractivity contribution in [1.29, 1.82) is 0 Å². The number of carbonyl (C=O) groups excluding carboxylic acids is 2. The average Bonchev–Trinajstić information content (AvgIpc) is 2.85. The summed E-state index contributed by atoms with van der Waals surface area (Å²) < 4.78 is 31.6. The number of amides is 2. The molecular weight excluding hydrogens is 466 g/mol. The van der Waals surface area contributed by atoms with Gasteiger partial charge in [-0.25, -0.2) is 8.42 Å². The summed E-state index contributed by atoms with van der Waals surface area (Å²) in [4.78, 5) is 27.8. The number of ether oxygens (including phenoxy) is 1. The number of methoxy groups -OCH3 is 1. The Morgan fingerprint density at radius 2 is 1.69 bits per heavy atom. The summed E-state index contributed by atoms with van der Waals surface area (Å²) in [6.45, 7) is 4.83. The molecule has 2 rings (SSSR count). The van der Waals surface area contributed by atoms with Crippen LogP contribution in [0.3, 0.4) is 0 Å². The summed E-state index contributed by atoms with van der Waals surface area (Å²) >= 11 is 0. The number of nitrogens with zero attached hydrogens (tertiary/aromatic N) is 2. The van der Waals surface area contributed by atoms with Crippen molar-refractivity contribution < 1.29 is 22.7 Å². The molecule has 0 saturated carbocycles. The van der Waals surface area contributed by atoms with E-state index in [9.17, 15) is 18.0 Å². The normalized spacial score (nSPS) is 12.0. The molecule has 0 radical (unpaired) electrons. The van der Waals surface area contributed by atoms with Crippen molar-refractivity contribution in [2.75, 3.05) is 30.8 Å². The van der Waals surface area contributed by atoms with Gasteiger partial charge in [-0.2, -0.15) is 0 Å². The third-order valence-electron chi connectivity index (χ3n) is 5.64. The molecule has 0 fully saturated rings. The lowest BCUT2D eigenvalue weighted by molar-refractivity contribution is -0.141. The van der Waals surface area contributed by atoms with Crippen LogP contribution in [0.25, 0.3) is 0 Å². The molecule has 0 heterocycles. The number of nitrogens with one attached hydrogen (secondary N) is 1. The van der Waals surface area contributed by atoms with Gasteiger partial charge in [0.1, 0.15) is 11.8 Å². The second kappa shape index (κ2) is 13.7. The zero-order chi connectivity index (χ0) is 25.8. The Bertz CT molecular complexity index is 1060. The van der Waals surface area contributed by atoms with Crippen molar-refractivity contribution in [3.8, 4) is 5.75 Å². The van der Waals surface area contributed by atoms with Crippen molar-refractivity contribution >= 4 is 27.5 Å². The van der Waals surface area contributed by atoms with Crippen LogP contribution in [0, 0.1) is 0 Å². The van der Waals surface area contributed by atoms with Crippen LogP contribution in [-0.2, 0) is 26.2 Å². The second-order valence-corrected chi connectivity index (χ2v) is 10.2. The molecule has 2 amide bonds. The number of carbonyl (C=O) groups is 2. The SMILES string of the molecule is CCCNC(=O)[C@@H](CC)N(Cc1ccccc1)C(=O)CCCN(c1ccccc1OC)S(C)(=O)=O. The van der Waals surface area contributed by atoms with Gasteiger partial charge in [0.2, 0.25) is 21.8 Å². The fourth-order valence-corrected chi connectivity index (χ4v) is 4.85. The Kier molecular flexibility index (Phi) is 11.0. The Balaban J connectivity index is 2.20. The molecule has 0 aliphatic rings. The van der Waals surface area contributed by atoms with Crippen LogP contribution in [0.2, 0.25) is 0 Å². The predicted molar refractivity (Wildman–Crippen MR) is 139 cm³/mol. The third-order valence-corrected chi connectivity index (χ3v) is 6.82. The first-order valence-electron chi connectivity index (χ1n) is 11.9. The smallest absolute Gasteiger partial charge is 0.242 e. The Morgan fingerprint density at radius 3 is 2.29 bits per heavy atom. The van der Waals surface area contributed by atoms with Gasteiger partial charge in [-0.1, -0.05) is 56.3 Å². The summed E-state index contributed by atoms with van der Waals surface area (Å²) in [5.74, 6) is 0.0693. The van der Waals surface area contributed by atoms with Crippen molar-refractivity contribution in [2.45, 2.75) is 52.1 Å². The van der Waals surface area contributed by atoms with Crippen molar-refractivity contribution in [1.82, 2.24) is 10.2 Å². The van der Waals surface area contributed by atoms with Gasteiger partial charge in [-0.15, -0.1) is 0 Å². The first-order chi connectivity index (χ1) is 16.7. The molecule has 0 aliphatic heterocycles. The van der Waals surface area contributed by atoms with Gasteiger partial charge in [0.25, 0.3) is 0 Å². The molecule has 2 aromatic carbocycles. The van der Waals surface area contributed by atoms with Crippen LogP contribution >= 0.6 is 0 Å². The Hall–Kier alpha value is -3.07. The van der Waals surface area contributed by atoms with Crippen LogP contribution in [0.1, 0.15) is 45.1 Å². The first-order valence-corrected chi connectivity index (χ1v) is 13.8. The zero-order valence-electron chi connectivity index (χ0n) is 21.1.